The van der Waals surface area contributed by atoms with Crippen molar-refractivity contribution in [2.24, 2.45) is 0 Å². The summed E-state index contributed by atoms with van der Waals surface area (Å²) in [7, 11) is -3.89. The summed E-state index contributed by atoms with van der Waals surface area (Å²) in [4.78, 5) is 11.2. The van der Waals surface area contributed by atoms with Crippen molar-refractivity contribution in [3.05, 3.63) is 23.8 Å². The van der Waals surface area contributed by atoms with Gasteiger partial charge in [-0.1, -0.05) is 0 Å². The third-order valence-corrected chi connectivity index (χ3v) is 4.73. The number of anilines is 1. The van der Waals surface area contributed by atoms with Gasteiger partial charge in [0.05, 0.1) is 30.1 Å². The molecule has 20 heavy (non-hydrogen) atoms. The average molecular weight is 300 g/mol. The van der Waals surface area contributed by atoms with Gasteiger partial charge in [-0.3, -0.25) is 4.79 Å². The van der Waals surface area contributed by atoms with Crippen molar-refractivity contribution in [3.8, 4) is 0 Å². The molecule has 4 N–H and O–H groups in total. The molecule has 1 aliphatic heterocycles. The van der Waals surface area contributed by atoms with E-state index < -0.39 is 28.8 Å². The fraction of sp³-hybridized carbons (Fsp3) is 0.417. The predicted molar refractivity (Wildman–Crippen MR) is 71.7 cm³/mol. The number of nitrogens with one attached hydrogen (secondary N) is 2. The normalized spacial score (nSPS) is 15.1. The molecule has 1 aliphatic rings. The van der Waals surface area contributed by atoms with Gasteiger partial charge in [0.15, 0.2) is 0 Å². The number of hydrogen-bond donors (Lipinski definition) is 4. The van der Waals surface area contributed by atoms with Crippen LogP contribution in [0.2, 0.25) is 0 Å². The van der Waals surface area contributed by atoms with Crippen LogP contribution < -0.4 is 10.0 Å². The molecule has 0 bridgehead atoms. The Balaban J connectivity index is 2.32. The second-order valence-electron chi connectivity index (χ2n) is 5.03. The maximum absolute atomic E-state index is 12.2. The maximum atomic E-state index is 12.2. The molecule has 2 rings (SSSR count). The molecule has 0 spiro atoms. The molecule has 1 aromatic rings. The second-order valence-corrected chi connectivity index (χ2v) is 6.71. The van der Waals surface area contributed by atoms with Crippen molar-refractivity contribution in [2.45, 2.75) is 23.8 Å². The van der Waals surface area contributed by atoms with Gasteiger partial charge in [0, 0.05) is 5.69 Å². The minimum atomic E-state index is -3.89. The van der Waals surface area contributed by atoms with Crippen LogP contribution in [0.3, 0.4) is 0 Å². The summed E-state index contributed by atoms with van der Waals surface area (Å²) in [6.45, 7) is 0.324. The first-order valence-corrected chi connectivity index (χ1v) is 7.46. The van der Waals surface area contributed by atoms with Crippen molar-refractivity contribution >= 4 is 21.6 Å². The summed E-state index contributed by atoms with van der Waals surface area (Å²) in [5, 5.41) is 20.9. The zero-order valence-electron chi connectivity index (χ0n) is 10.9. The van der Waals surface area contributed by atoms with Crippen molar-refractivity contribution in [1.29, 1.82) is 0 Å². The van der Waals surface area contributed by atoms with E-state index in [1.165, 1.54) is 25.1 Å². The van der Waals surface area contributed by atoms with Crippen LogP contribution in [0.25, 0.3) is 0 Å². The van der Waals surface area contributed by atoms with Gasteiger partial charge in [0.25, 0.3) is 0 Å². The number of fused-ring (bicyclic) bond motifs is 1. The molecule has 0 atom stereocenters. The SMILES string of the molecule is CC(CO)(CO)NS(=O)(=O)c1ccc2c(c1)CC(=O)N2. The number of hydrogen-bond acceptors (Lipinski definition) is 5. The van der Waals surface area contributed by atoms with E-state index in [9.17, 15) is 13.2 Å². The lowest BCUT2D eigenvalue weighted by Gasteiger charge is -2.25. The highest BCUT2D eigenvalue weighted by molar-refractivity contribution is 7.89. The zero-order chi connectivity index (χ0) is 15.0. The largest absolute Gasteiger partial charge is 0.394 e. The highest BCUT2D eigenvalue weighted by atomic mass is 32.2. The summed E-state index contributed by atoms with van der Waals surface area (Å²) in [5.74, 6) is -0.182. The standard InChI is InChI=1S/C12H16N2O5S/c1-12(6-15,7-16)14-20(18,19)9-2-3-10-8(4-9)5-11(17)13-10/h2-4,14-16H,5-7H2,1H3,(H,13,17). The lowest BCUT2D eigenvalue weighted by atomic mass is 10.1. The highest BCUT2D eigenvalue weighted by Gasteiger charge is 2.30. The minimum Gasteiger partial charge on any atom is -0.394 e. The second kappa shape index (κ2) is 5.13. The quantitative estimate of drug-likeness (QED) is 0.568. The molecular weight excluding hydrogens is 284 g/mol. The van der Waals surface area contributed by atoms with Crippen molar-refractivity contribution in [1.82, 2.24) is 4.72 Å². The van der Waals surface area contributed by atoms with Crippen LogP contribution in [0.5, 0.6) is 0 Å². The third kappa shape index (κ3) is 2.83. The number of aliphatic hydroxyl groups is 2. The van der Waals surface area contributed by atoms with Crippen LogP contribution in [-0.2, 0) is 21.2 Å². The Morgan fingerprint density at radius 2 is 2.00 bits per heavy atom. The van der Waals surface area contributed by atoms with Gasteiger partial charge >= 0.3 is 0 Å². The molecule has 0 saturated heterocycles. The number of carbonyl (C=O) groups excluding carboxylic acids is 1. The summed E-state index contributed by atoms with van der Waals surface area (Å²) in [5.41, 5.74) is -0.139. The first-order chi connectivity index (χ1) is 9.29. The zero-order valence-corrected chi connectivity index (χ0v) is 11.7. The van der Waals surface area contributed by atoms with E-state index >= 15 is 0 Å². The number of sulfonamides is 1. The summed E-state index contributed by atoms with van der Waals surface area (Å²) in [6.07, 6.45) is 0.135. The molecule has 0 saturated carbocycles. The Morgan fingerprint density at radius 3 is 2.60 bits per heavy atom. The van der Waals surface area contributed by atoms with Gasteiger partial charge in [-0.25, -0.2) is 13.1 Å². The van der Waals surface area contributed by atoms with Crippen LogP contribution in [0.1, 0.15) is 12.5 Å². The fourth-order valence-corrected chi connectivity index (χ4v) is 3.31. The Bertz CT molecular complexity index is 637. The lowest BCUT2D eigenvalue weighted by Crippen LogP contribution is -2.51. The smallest absolute Gasteiger partial charge is 0.241 e. The molecule has 110 valence electrons. The third-order valence-electron chi connectivity index (χ3n) is 3.09. The summed E-state index contributed by atoms with van der Waals surface area (Å²) in [6, 6.07) is 4.29. The van der Waals surface area contributed by atoms with Crippen LogP contribution in [0, 0.1) is 0 Å². The molecule has 0 aliphatic carbocycles. The van der Waals surface area contributed by atoms with Gasteiger partial charge in [-0.05, 0) is 30.7 Å². The number of carbonyl (C=O) groups is 1. The van der Waals surface area contributed by atoms with Gasteiger partial charge in [0.2, 0.25) is 15.9 Å². The molecule has 1 amide bonds. The first-order valence-electron chi connectivity index (χ1n) is 5.98. The molecule has 7 nitrogen and oxygen atoms in total. The molecule has 0 radical (unpaired) electrons. The van der Waals surface area contributed by atoms with Crippen molar-refractivity contribution in [2.75, 3.05) is 18.5 Å². The lowest BCUT2D eigenvalue weighted by molar-refractivity contribution is -0.115. The van der Waals surface area contributed by atoms with Crippen LogP contribution in [-0.4, -0.2) is 43.3 Å². The summed E-state index contributed by atoms with van der Waals surface area (Å²) < 4.78 is 26.7. The van der Waals surface area contributed by atoms with Crippen LogP contribution in [0.15, 0.2) is 23.1 Å². The van der Waals surface area contributed by atoms with Crippen molar-refractivity contribution < 1.29 is 23.4 Å². The first kappa shape index (κ1) is 14.9. The van der Waals surface area contributed by atoms with Gasteiger partial charge in [0.1, 0.15) is 0 Å². The Labute approximate surface area is 116 Å². The Hall–Kier alpha value is -1.48. The monoisotopic (exact) mass is 300 g/mol. The Morgan fingerprint density at radius 1 is 1.35 bits per heavy atom. The maximum Gasteiger partial charge on any atom is 0.241 e. The molecule has 0 aromatic heterocycles. The van der Waals surface area contributed by atoms with Gasteiger partial charge in [-0.2, -0.15) is 0 Å². The highest BCUT2D eigenvalue weighted by Crippen LogP contribution is 2.26. The van der Waals surface area contributed by atoms with Crippen LogP contribution in [0.4, 0.5) is 5.69 Å². The molecule has 0 fully saturated rings. The minimum absolute atomic E-state index is 0.0131. The molecule has 8 heteroatoms. The topological polar surface area (TPSA) is 116 Å². The molecular formula is C12H16N2O5S. The van der Waals surface area contributed by atoms with E-state index in [2.05, 4.69) is 10.0 Å². The number of rotatable bonds is 5. The van der Waals surface area contributed by atoms with E-state index in [0.717, 1.165) is 0 Å². The number of amides is 1. The fourth-order valence-electron chi connectivity index (χ4n) is 1.87. The Kier molecular flexibility index (Phi) is 3.83. The van der Waals surface area contributed by atoms with E-state index in [0.29, 0.717) is 11.3 Å². The molecule has 1 heterocycles. The molecule has 0 unspecified atom stereocenters. The predicted octanol–water partition coefficient (Wildman–Crippen LogP) is -0.797. The van der Waals surface area contributed by atoms with Crippen LogP contribution >= 0.6 is 0 Å². The van der Waals surface area contributed by atoms with E-state index in [4.69, 9.17) is 10.2 Å². The summed E-state index contributed by atoms with van der Waals surface area (Å²) >= 11 is 0. The van der Waals surface area contributed by atoms with E-state index in [1.807, 2.05) is 0 Å². The number of benzene rings is 1. The molecule has 1 aromatic carbocycles. The average Bonchev–Trinajstić information content (AvgIpc) is 2.77. The van der Waals surface area contributed by atoms with E-state index in [-0.39, 0.29) is 17.2 Å². The number of aliphatic hydroxyl groups excluding tert-OH is 2. The van der Waals surface area contributed by atoms with Gasteiger partial charge < -0.3 is 15.5 Å². The van der Waals surface area contributed by atoms with Crippen molar-refractivity contribution in [3.63, 3.8) is 0 Å². The van der Waals surface area contributed by atoms with Gasteiger partial charge in [-0.15, -0.1) is 0 Å². The van der Waals surface area contributed by atoms with E-state index in [1.54, 1.807) is 0 Å².